The number of benzene rings is 1. The Balaban J connectivity index is 2.96. The molecule has 0 aliphatic carbocycles. The quantitative estimate of drug-likeness (QED) is 0.836. The Kier molecular flexibility index (Phi) is 4.52. The van der Waals surface area contributed by atoms with Crippen molar-refractivity contribution in [1.82, 2.24) is 0 Å². The molecule has 1 atom stereocenters. The fourth-order valence-corrected chi connectivity index (χ4v) is 1.59. The molecule has 1 aromatic rings. The van der Waals surface area contributed by atoms with Crippen LogP contribution in [0.25, 0.3) is 0 Å². The number of anilines is 1. The lowest BCUT2D eigenvalue weighted by atomic mass is 10.0. The Morgan fingerprint density at radius 3 is 2.59 bits per heavy atom. The van der Waals surface area contributed by atoms with Gasteiger partial charge >= 0.3 is 0 Å². The average molecular weight is 236 g/mol. The number of phenols is 1. The number of nitrogens with zero attached hydrogens (tertiary/aromatic N) is 1. The largest absolute Gasteiger partial charge is 0.508 e. The summed E-state index contributed by atoms with van der Waals surface area (Å²) in [5, 5.41) is 9.42. The Morgan fingerprint density at radius 2 is 2.12 bits per heavy atom. The average Bonchev–Trinajstić information content (AvgIpc) is 2.28. The van der Waals surface area contributed by atoms with Gasteiger partial charge in [-0.2, -0.15) is 0 Å². The highest BCUT2D eigenvalue weighted by molar-refractivity contribution is 5.97. The van der Waals surface area contributed by atoms with E-state index in [2.05, 4.69) is 0 Å². The topological polar surface area (TPSA) is 66.6 Å². The number of phenolic OH excluding ortho intramolecular Hbond substituents is 1. The molecular weight excluding hydrogens is 216 g/mol. The van der Waals surface area contributed by atoms with Crippen LogP contribution in [0.3, 0.4) is 0 Å². The van der Waals surface area contributed by atoms with Crippen LogP contribution < -0.4 is 10.6 Å². The molecule has 1 amide bonds. The normalized spacial score (nSPS) is 12.5. The fraction of sp³-hybridized carbons (Fsp3) is 0.462. The summed E-state index contributed by atoms with van der Waals surface area (Å²) in [6.45, 7) is 6.25. The summed E-state index contributed by atoms with van der Waals surface area (Å²) in [5.74, 6) is 0.119. The standard InChI is InChI=1S/C13H20N2O2/c1-4-15(13(17)12(14)9(2)3)10-6-5-7-11(16)8-10/h5-9,12,16H,4,14H2,1-3H3/t12-/m0/s1. The SMILES string of the molecule is CCN(C(=O)[C@@H](N)C(C)C)c1cccc(O)c1. The first-order valence-corrected chi connectivity index (χ1v) is 5.83. The van der Waals surface area contributed by atoms with Crippen LogP contribution in [0.1, 0.15) is 20.8 Å². The van der Waals surface area contributed by atoms with E-state index in [0.717, 1.165) is 0 Å². The third-order valence-electron chi connectivity index (χ3n) is 2.73. The Bertz CT molecular complexity index is 391. The molecule has 0 saturated carbocycles. The van der Waals surface area contributed by atoms with Gasteiger partial charge in [-0.1, -0.05) is 19.9 Å². The van der Waals surface area contributed by atoms with Crippen LogP contribution in [-0.2, 0) is 4.79 Å². The summed E-state index contributed by atoms with van der Waals surface area (Å²) in [6.07, 6.45) is 0. The molecule has 3 N–H and O–H groups in total. The zero-order valence-corrected chi connectivity index (χ0v) is 10.6. The number of hydrogen-bond donors (Lipinski definition) is 2. The third kappa shape index (κ3) is 3.20. The van der Waals surface area contributed by atoms with E-state index in [4.69, 9.17) is 5.73 Å². The van der Waals surface area contributed by atoms with Crippen molar-refractivity contribution in [2.45, 2.75) is 26.8 Å². The van der Waals surface area contributed by atoms with Gasteiger partial charge in [-0.15, -0.1) is 0 Å². The molecule has 0 heterocycles. The maximum atomic E-state index is 12.1. The van der Waals surface area contributed by atoms with Gasteiger partial charge in [-0.25, -0.2) is 0 Å². The first kappa shape index (κ1) is 13.5. The van der Waals surface area contributed by atoms with Crippen LogP contribution in [0.2, 0.25) is 0 Å². The van der Waals surface area contributed by atoms with E-state index < -0.39 is 6.04 Å². The van der Waals surface area contributed by atoms with Crippen LogP contribution in [0, 0.1) is 5.92 Å². The smallest absolute Gasteiger partial charge is 0.244 e. The van der Waals surface area contributed by atoms with Crippen LogP contribution in [-0.4, -0.2) is 23.6 Å². The summed E-state index contributed by atoms with van der Waals surface area (Å²) in [4.78, 5) is 13.7. The predicted molar refractivity (Wildman–Crippen MR) is 68.9 cm³/mol. The molecule has 0 aliphatic rings. The fourth-order valence-electron chi connectivity index (χ4n) is 1.59. The van der Waals surface area contributed by atoms with Crippen LogP contribution in [0.5, 0.6) is 5.75 Å². The van der Waals surface area contributed by atoms with Gasteiger partial charge in [-0.3, -0.25) is 4.79 Å². The van der Waals surface area contributed by atoms with Gasteiger partial charge in [0, 0.05) is 18.3 Å². The number of carbonyl (C=O) groups excluding carboxylic acids is 1. The lowest BCUT2D eigenvalue weighted by Gasteiger charge is -2.26. The minimum Gasteiger partial charge on any atom is -0.508 e. The van der Waals surface area contributed by atoms with Gasteiger partial charge in [0.25, 0.3) is 0 Å². The highest BCUT2D eigenvalue weighted by Crippen LogP contribution is 2.21. The molecule has 4 heteroatoms. The Labute approximate surface area is 102 Å². The second-order valence-corrected chi connectivity index (χ2v) is 4.37. The third-order valence-corrected chi connectivity index (χ3v) is 2.73. The van der Waals surface area contributed by atoms with Gasteiger partial charge in [0.05, 0.1) is 6.04 Å². The first-order chi connectivity index (χ1) is 7.97. The lowest BCUT2D eigenvalue weighted by molar-refractivity contribution is -0.120. The van der Waals surface area contributed by atoms with Crippen LogP contribution >= 0.6 is 0 Å². The van der Waals surface area contributed by atoms with Crippen molar-refractivity contribution in [3.8, 4) is 5.75 Å². The molecule has 1 aromatic carbocycles. The second kappa shape index (κ2) is 5.68. The van der Waals surface area contributed by atoms with E-state index in [9.17, 15) is 9.90 Å². The zero-order valence-electron chi connectivity index (χ0n) is 10.6. The molecule has 0 aliphatic heterocycles. The molecule has 0 spiro atoms. The van der Waals surface area contributed by atoms with Crippen molar-refractivity contribution in [3.63, 3.8) is 0 Å². The maximum absolute atomic E-state index is 12.1. The summed E-state index contributed by atoms with van der Waals surface area (Å²) < 4.78 is 0. The van der Waals surface area contributed by atoms with Crippen molar-refractivity contribution in [2.75, 3.05) is 11.4 Å². The molecule has 0 bridgehead atoms. The van der Waals surface area contributed by atoms with Gasteiger partial charge in [0.1, 0.15) is 5.75 Å². The number of carbonyl (C=O) groups is 1. The van der Waals surface area contributed by atoms with E-state index in [1.807, 2.05) is 20.8 Å². The van der Waals surface area contributed by atoms with Gasteiger partial charge in [-0.05, 0) is 25.0 Å². The van der Waals surface area contributed by atoms with Gasteiger partial charge in [0.15, 0.2) is 0 Å². The van der Waals surface area contributed by atoms with Crippen molar-refractivity contribution in [1.29, 1.82) is 0 Å². The maximum Gasteiger partial charge on any atom is 0.244 e. The predicted octanol–water partition coefficient (Wildman–Crippen LogP) is 1.73. The molecule has 4 nitrogen and oxygen atoms in total. The molecule has 0 aromatic heterocycles. The van der Waals surface area contributed by atoms with E-state index in [0.29, 0.717) is 12.2 Å². The number of hydrogen-bond acceptors (Lipinski definition) is 3. The molecule has 0 unspecified atom stereocenters. The van der Waals surface area contributed by atoms with Gasteiger partial charge < -0.3 is 15.7 Å². The first-order valence-electron chi connectivity index (χ1n) is 5.83. The summed E-state index contributed by atoms with van der Waals surface area (Å²) in [5.41, 5.74) is 6.53. The summed E-state index contributed by atoms with van der Waals surface area (Å²) in [6, 6.07) is 6.12. The minimum absolute atomic E-state index is 0.0915. The number of rotatable bonds is 4. The molecule has 94 valence electrons. The molecule has 17 heavy (non-hydrogen) atoms. The Morgan fingerprint density at radius 1 is 1.47 bits per heavy atom. The van der Waals surface area contributed by atoms with Crippen molar-refractivity contribution in [2.24, 2.45) is 11.7 Å². The highest BCUT2D eigenvalue weighted by atomic mass is 16.3. The molecular formula is C13H20N2O2. The molecule has 0 radical (unpaired) electrons. The van der Waals surface area contributed by atoms with E-state index in [1.165, 1.54) is 0 Å². The lowest BCUT2D eigenvalue weighted by Crippen LogP contribution is -2.46. The number of amides is 1. The number of aromatic hydroxyl groups is 1. The monoisotopic (exact) mass is 236 g/mol. The van der Waals surface area contributed by atoms with E-state index >= 15 is 0 Å². The highest BCUT2D eigenvalue weighted by Gasteiger charge is 2.23. The number of nitrogens with two attached hydrogens (primary N) is 1. The molecule has 0 fully saturated rings. The molecule has 1 rings (SSSR count). The van der Waals surface area contributed by atoms with E-state index in [1.54, 1.807) is 29.2 Å². The Hall–Kier alpha value is -1.55. The van der Waals surface area contributed by atoms with E-state index in [-0.39, 0.29) is 17.6 Å². The minimum atomic E-state index is -0.516. The molecule has 0 saturated heterocycles. The number of likely N-dealkylation sites (N-methyl/N-ethyl adjacent to an activating group) is 1. The van der Waals surface area contributed by atoms with Gasteiger partial charge in [0.2, 0.25) is 5.91 Å². The van der Waals surface area contributed by atoms with Crippen molar-refractivity contribution < 1.29 is 9.90 Å². The summed E-state index contributed by atoms with van der Waals surface area (Å²) in [7, 11) is 0. The zero-order chi connectivity index (χ0) is 13.0. The van der Waals surface area contributed by atoms with Crippen LogP contribution in [0.15, 0.2) is 24.3 Å². The summed E-state index contributed by atoms with van der Waals surface area (Å²) >= 11 is 0. The second-order valence-electron chi connectivity index (χ2n) is 4.37. The van der Waals surface area contributed by atoms with Crippen molar-refractivity contribution in [3.05, 3.63) is 24.3 Å². The van der Waals surface area contributed by atoms with Crippen LogP contribution in [0.4, 0.5) is 5.69 Å². The van der Waals surface area contributed by atoms with Crippen molar-refractivity contribution >= 4 is 11.6 Å².